The summed E-state index contributed by atoms with van der Waals surface area (Å²) in [5.74, 6) is -0.130. The highest BCUT2D eigenvalue weighted by Crippen LogP contribution is 2.09. The Morgan fingerprint density at radius 2 is 2.43 bits per heavy atom. The van der Waals surface area contributed by atoms with Crippen molar-refractivity contribution in [2.24, 2.45) is 5.73 Å². The van der Waals surface area contributed by atoms with Crippen LogP contribution < -0.4 is 11.1 Å². The van der Waals surface area contributed by atoms with Gasteiger partial charge in [-0.3, -0.25) is 9.18 Å². The van der Waals surface area contributed by atoms with E-state index in [1.54, 1.807) is 18.3 Å². The van der Waals surface area contributed by atoms with E-state index < -0.39 is 12.6 Å². The molecule has 0 aliphatic rings. The number of nitrogens with one attached hydrogen (secondary N) is 1. The number of anilines is 1. The molecule has 0 aliphatic carbocycles. The zero-order valence-electron chi connectivity index (χ0n) is 7.66. The summed E-state index contributed by atoms with van der Waals surface area (Å²) in [5, 5.41) is 2.84. The van der Waals surface area contributed by atoms with E-state index in [1.165, 1.54) is 0 Å². The van der Waals surface area contributed by atoms with Crippen LogP contribution in [-0.4, -0.2) is 24.1 Å². The fourth-order valence-corrected chi connectivity index (χ4v) is 1.02. The second-order valence-corrected chi connectivity index (χ2v) is 2.73. The molecule has 1 amide bonds. The Morgan fingerprint density at radius 3 is 3.07 bits per heavy atom. The summed E-state index contributed by atoms with van der Waals surface area (Å²) in [6.07, 6.45) is 1.93. The van der Waals surface area contributed by atoms with Gasteiger partial charge in [0.15, 0.2) is 0 Å². The average molecular weight is 197 g/mol. The number of aromatic nitrogens is 1. The molecule has 1 rings (SSSR count). The summed E-state index contributed by atoms with van der Waals surface area (Å²) in [4.78, 5) is 14.9. The van der Waals surface area contributed by atoms with Crippen LogP contribution in [-0.2, 0) is 0 Å². The Kier molecular flexibility index (Phi) is 3.84. The zero-order valence-corrected chi connectivity index (χ0v) is 7.66. The van der Waals surface area contributed by atoms with E-state index in [0.29, 0.717) is 24.3 Å². The second-order valence-electron chi connectivity index (χ2n) is 2.73. The van der Waals surface area contributed by atoms with Crippen LogP contribution in [0, 0.1) is 0 Å². The van der Waals surface area contributed by atoms with Crippen molar-refractivity contribution in [1.82, 2.24) is 4.98 Å². The number of primary amides is 1. The van der Waals surface area contributed by atoms with Crippen molar-refractivity contribution >= 4 is 11.7 Å². The van der Waals surface area contributed by atoms with E-state index in [2.05, 4.69) is 10.3 Å². The third-order valence-electron chi connectivity index (χ3n) is 1.68. The van der Waals surface area contributed by atoms with E-state index in [4.69, 9.17) is 5.73 Å². The van der Waals surface area contributed by atoms with Gasteiger partial charge in [0.1, 0.15) is 5.82 Å². The topological polar surface area (TPSA) is 68.0 Å². The normalized spacial score (nSPS) is 9.79. The van der Waals surface area contributed by atoms with Crippen molar-refractivity contribution in [1.29, 1.82) is 0 Å². The molecule has 0 unspecified atom stereocenters. The van der Waals surface area contributed by atoms with Crippen LogP contribution in [0.15, 0.2) is 18.3 Å². The van der Waals surface area contributed by atoms with E-state index in [1.807, 2.05) is 0 Å². The molecule has 0 saturated heterocycles. The van der Waals surface area contributed by atoms with Crippen molar-refractivity contribution in [3.05, 3.63) is 23.9 Å². The molecule has 0 aromatic carbocycles. The van der Waals surface area contributed by atoms with E-state index in [-0.39, 0.29) is 0 Å². The lowest BCUT2D eigenvalue weighted by Crippen LogP contribution is -2.16. The van der Waals surface area contributed by atoms with Crippen LogP contribution >= 0.6 is 0 Å². The van der Waals surface area contributed by atoms with Gasteiger partial charge in [-0.25, -0.2) is 4.98 Å². The molecule has 5 heteroatoms. The van der Waals surface area contributed by atoms with Crippen molar-refractivity contribution in [2.75, 3.05) is 18.5 Å². The van der Waals surface area contributed by atoms with Gasteiger partial charge in [0.2, 0.25) is 0 Å². The zero-order chi connectivity index (χ0) is 10.4. The summed E-state index contributed by atoms with van der Waals surface area (Å²) in [5.41, 5.74) is 5.45. The van der Waals surface area contributed by atoms with Crippen LogP contribution in [0.3, 0.4) is 0 Å². The van der Waals surface area contributed by atoms with E-state index in [0.717, 1.165) is 0 Å². The number of alkyl halides is 1. The number of carbonyl (C=O) groups excluding carboxylic acids is 1. The fraction of sp³-hybridized carbons (Fsp3) is 0.333. The molecule has 0 saturated carbocycles. The Balaban J connectivity index is 2.69. The lowest BCUT2D eigenvalue weighted by molar-refractivity contribution is 0.100. The highest BCUT2D eigenvalue weighted by atomic mass is 19.1. The number of amides is 1. The molecule has 0 aliphatic heterocycles. The first kappa shape index (κ1) is 10.4. The molecule has 4 nitrogen and oxygen atoms in total. The van der Waals surface area contributed by atoms with Gasteiger partial charge < -0.3 is 11.1 Å². The number of halogens is 1. The predicted molar refractivity (Wildman–Crippen MR) is 51.8 cm³/mol. The number of carbonyl (C=O) groups is 1. The average Bonchev–Trinajstić information content (AvgIpc) is 2.19. The van der Waals surface area contributed by atoms with Crippen LogP contribution in [0.4, 0.5) is 10.2 Å². The summed E-state index contributed by atoms with van der Waals surface area (Å²) in [6, 6.07) is 3.20. The van der Waals surface area contributed by atoms with Crippen LogP contribution in [0.2, 0.25) is 0 Å². The first-order chi connectivity index (χ1) is 6.75. The number of nitrogens with two attached hydrogens (primary N) is 1. The van der Waals surface area contributed by atoms with Crippen molar-refractivity contribution < 1.29 is 9.18 Å². The van der Waals surface area contributed by atoms with Gasteiger partial charge in [-0.2, -0.15) is 0 Å². The number of hydrogen-bond acceptors (Lipinski definition) is 3. The molecule has 76 valence electrons. The lowest BCUT2D eigenvalue weighted by Gasteiger charge is -2.06. The molecule has 0 radical (unpaired) electrons. The molecule has 3 N–H and O–H groups in total. The maximum absolute atomic E-state index is 11.8. The quantitative estimate of drug-likeness (QED) is 0.690. The van der Waals surface area contributed by atoms with Gasteiger partial charge >= 0.3 is 0 Å². The Labute approximate surface area is 81.3 Å². The second kappa shape index (κ2) is 5.16. The molecular formula is C9H12FN3O. The third-order valence-corrected chi connectivity index (χ3v) is 1.68. The maximum atomic E-state index is 11.8. The largest absolute Gasteiger partial charge is 0.369 e. The van der Waals surface area contributed by atoms with Gasteiger partial charge in [-0.1, -0.05) is 0 Å². The van der Waals surface area contributed by atoms with Gasteiger partial charge in [-0.05, 0) is 18.6 Å². The minimum Gasteiger partial charge on any atom is -0.369 e. The molecule has 1 heterocycles. The summed E-state index contributed by atoms with van der Waals surface area (Å²) < 4.78 is 11.8. The molecule has 1 aromatic rings. The summed E-state index contributed by atoms with van der Waals surface area (Å²) >= 11 is 0. The molecule has 0 atom stereocenters. The third kappa shape index (κ3) is 2.69. The SMILES string of the molecule is NC(=O)c1cccnc1NCCCF. The standard InChI is InChI=1S/C9H12FN3O/c10-4-2-6-13-9-7(8(11)14)3-1-5-12-9/h1,3,5H,2,4,6H2,(H2,11,14)(H,12,13). The van der Waals surface area contributed by atoms with Crippen molar-refractivity contribution in [3.8, 4) is 0 Å². The Bertz CT molecular complexity index is 317. The van der Waals surface area contributed by atoms with Gasteiger partial charge in [0, 0.05) is 12.7 Å². The van der Waals surface area contributed by atoms with Crippen molar-refractivity contribution in [2.45, 2.75) is 6.42 Å². The first-order valence-corrected chi connectivity index (χ1v) is 4.30. The van der Waals surface area contributed by atoms with Crippen LogP contribution in [0.1, 0.15) is 16.8 Å². The number of hydrogen-bond donors (Lipinski definition) is 2. The van der Waals surface area contributed by atoms with E-state index >= 15 is 0 Å². The summed E-state index contributed by atoms with van der Waals surface area (Å²) in [7, 11) is 0. The fourth-order valence-electron chi connectivity index (χ4n) is 1.02. The lowest BCUT2D eigenvalue weighted by atomic mass is 10.2. The highest BCUT2D eigenvalue weighted by Gasteiger charge is 2.07. The molecule has 1 aromatic heterocycles. The maximum Gasteiger partial charge on any atom is 0.252 e. The number of pyridine rings is 1. The van der Waals surface area contributed by atoms with E-state index in [9.17, 15) is 9.18 Å². The molecule has 14 heavy (non-hydrogen) atoms. The number of rotatable bonds is 5. The molecule has 0 fully saturated rings. The van der Waals surface area contributed by atoms with Crippen molar-refractivity contribution in [3.63, 3.8) is 0 Å². The minimum absolute atomic E-state index is 0.325. The highest BCUT2D eigenvalue weighted by molar-refractivity contribution is 5.97. The number of nitrogens with zero attached hydrogens (tertiary/aromatic N) is 1. The summed E-state index contributed by atoms with van der Waals surface area (Å²) in [6.45, 7) is 0.0412. The van der Waals surface area contributed by atoms with Gasteiger partial charge in [0.05, 0.1) is 12.2 Å². The first-order valence-electron chi connectivity index (χ1n) is 4.30. The van der Waals surface area contributed by atoms with Gasteiger partial charge in [0.25, 0.3) is 5.91 Å². The molecule has 0 spiro atoms. The molecule has 0 bridgehead atoms. The van der Waals surface area contributed by atoms with Gasteiger partial charge in [-0.15, -0.1) is 0 Å². The smallest absolute Gasteiger partial charge is 0.252 e. The molecular weight excluding hydrogens is 185 g/mol. The Morgan fingerprint density at radius 1 is 1.64 bits per heavy atom. The van der Waals surface area contributed by atoms with Crippen LogP contribution in [0.25, 0.3) is 0 Å². The minimum atomic E-state index is -0.541. The monoisotopic (exact) mass is 197 g/mol. The Hall–Kier alpha value is -1.65. The van der Waals surface area contributed by atoms with Crippen LogP contribution in [0.5, 0.6) is 0 Å². The predicted octanol–water partition coefficient (Wildman–Crippen LogP) is 0.952.